The lowest BCUT2D eigenvalue weighted by molar-refractivity contribution is -0.385. The summed E-state index contributed by atoms with van der Waals surface area (Å²) in [6.45, 7) is 3.29. The number of methoxy groups -OCH3 is 1. The van der Waals surface area contributed by atoms with Crippen LogP contribution in [0.2, 0.25) is 0 Å². The van der Waals surface area contributed by atoms with Crippen LogP contribution in [-0.4, -0.2) is 59.3 Å². The van der Waals surface area contributed by atoms with Gasteiger partial charge in [0.2, 0.25) is 0 Å². The summed E-state index contributed by atoms with van der Waals surface area (Å²) in [7, 11) is 1.59. The topological polar surface area (TPSA) is 95.0 Å². The maximum absolute atomic E-state index is 10.8. The second-order valence-corrected chi connectivity index (χ2v) is 5.54. The SMILES string of the molecule is COc1ccc(/C=N/N2CCOCC2)cc1Cn1cc([N+](=O)[O-])cn1. The fourth-order valence-corrected chi connectivity index (χ4v) is 2.53. The molecular formula is C16H19N5O4. The van der Waals surface area contributed by atoms with Crippen molar-refractivity contribution in [3.63, 3.8) is 0 Å². The molecule has 0 spiro atoms. The van der Waals surface area contributed by atoms with Crippen molar-refractivity contribution in [3.8, 4) is 5.75 Å². The fraction of sp³-hybridized carbons (Fsp3) is 0.375. The standard InChI is InChI=1S/C16H19N5O4/c1-24-16-3-2-13(9-17-19-4-6-25-7-5-19)8-14(16)11-20-12-15(10-18-20)21(22)23/h2-3,8-10,12H,4-7,11H2,1H3/b17-9+. The zero-order valence-corrected chi connectivity index (χ0v) is 13.9. The summed E-state index contributed by atoms with van der Waals surface area (Å²) in [5.74, 6) is 0.696. The average molecular weight is 345 g/mol. The smallest absolute Gasteiger partial charge is 0.307 e. The minimum absolute atomic E-state index is 0.0380. The van der Waals surface area contributed by atoms with Gasteiger partial charge < -0.3 is 9.47 Å². The molecule has 1 saturated heterocycles. The quantitative estimate of drug-likeness (QED) is 0.447. The van der Waals surface area contributed by atoms with E-state index in [4.69, 9.17) is 9.47 Å². The van der Waals surface area contributed by atoms with Gasteiger partial charge in [-0.05, 0) is 23.8 Å². The molecule has 1 aliphatic heterocycles. The molecule has 1 aliphatic rings. The number of nitro groups is 1. The Morgan fingerprint density at radius 1 is 1.44 bits per heavy atom. The van der Waals surface area contributed by atoms with Gasteiger partial charge in [0, 0.05) is 5.56 Å². The summed E-state index contributed by atoms with van der Waals surface area (Å²) in [6, 6.07) is 5.71. The molecule has 9 nitrogen and oxygen atoms in total. The molecule has 0 unspecified atom stereocenters. The molecule has 1 aromatic heterocycles. The highest BCUT2D eigenvalue weighted by atomic mass is 16.6. The predicted octanol–water partition coefficient (Wildman–Crippen LogP) is 1.51. The summed E-state index contributed by atoms with van der Waals surface area (Å²) in [5.41, 5.74) is 1.75. The molecule has 0 amide bonds. The first kappa shape index (κ1) is 16.9. The number of hydrogen-bond acceptors (Lipinski definition) is 7. The van der Waals surface area contributed by atoms with E-state index < -0.39 is 4.92 Å². The molecule has 1 fully saturated rings. The molecule has 3 rings (SSSR count). The van der Waals surface area contributed by atoms with Crippen molar-refractivity contribution in [1.29, 1.82) is 0 Å². The van der Waals surface area contributed by atoms with Crippen molar-refractivity contribution in [2.24, 2.45) is 5.10 Å². The van der Waals surface area contributed by atoms with Gasteiger partial charge in [-0.3, -0.25) is 19.8 Å². The van der Waals surface area contributed by atoms with Gasteiger partial charge in [-0.1, -0.05) is 0 Å². The molecule has 132 valence electrons. The van der Waals surface area contributed by atoms with E-state index in [2.05, 4.69) is 10.2 Å². The monoisotopic (exact) mass is 345 g/mol. The molecule has 2 aromatic rings. The number of hydrazone groups is 1. The molecule has 0 radical (unpaired) electrons. The molecule has 0 bridgehead atoms. The van der Waals surface area contributed by atoms with Crippen molar-refractivity contribution >= 4 is 11.9 Å². The van der Waals surface area contributed by atoms with E-state index in [-0.39, 0.29) is 5.69 Å². The van der Waals surface area contributed by atoms with E-state index in [1.165, 1.54) is 17.1 Å². The summed E-state index contributed by atoms with van der Waals surface area (Å²) >= 11 is 0. The Hall–Kier alpha value is -2.94. The Morgan fingerprint density at radius 2 is 2.24 bits per heavy atom. The summed E-state index contributed by atoms with van der Waals surface area (Å²) in [5, 5.41) is 21.2. The first-order chi connectivity index (χ1) is 12.2. The highest BCUT2D eigenvalue weighted by molar-refractivity contribution is 5.80. The largest absolute Gasteiger partial charge is 0.496 e. The van der Waals surface area contributed by atoms with Gasteiger partial charge >= 0.3 is 5.69 Å². The number of rotatable bonds is 6. The Bertz CT molecular complexity index is 768. The van der Waals surface area contributed by atoms with Gasteiger partial charge in [-0.15, -0.1) is 0 Å². The second-order valence-electron chi connectivity index (χ2n) is 5.54. The van der Waals surface area contributed by atoms with Gasteiger partial charge in [0.25, 0.3) is 0 Å². The lowest BCUT2D eigenvalue weighted by Gasteiger charge is -2.23. The number of hydrogen-bond donors (Lipinski definition) is 0. The van der Waals surface area contributed by atoms with Crippen LogP contribution in [0, 0.1) is 10.1 Å². The molecule has 0 aliphatic carbocycles. The molecule has 0 N–H and O–H groups in total. The van der Waals surface area contributed by atoms with Crippen molar-refractivity contribution in [2.45, 2.75) is 6.54 Å². The van der Waals surface area contributed by atoms with E-state index in [9.17, 15) is 10.1 Å². The Morgan fingerprint density at radius 3 is 2.92 bits per heavy atom. The highest BCUT2D eigenvalue weighted by Gasteiger charge is 2.11. The van der Waals surface area contributed by atoms with Crippen molar-refractivity contribution in [2.75, 3.05) is 33.4 Å². The van der Waals surface area contributed by atoms with E-state index in [0.29, 0.717) is 25.5 Å². The number of aromatic nitrogens is 2. The highest BCUT2D eigenvalue weighted by Crippen LogP contribution is 2.21. The second kappa shape index (κ2) is 7.75. The van der Waals surface area contributed by atoms with Crippen LogP contribution in [0.1, 0.15) is 11.1 Å². The third kappa shape index (κ3) is 4.32. The van der Waals surface area contributed by atoms with E-state index in [1.54, 1.807) is 13.3 Å². The normalized spacial score (nSPS) is 14.8. The maximum Gasteiger partial charge on any atom is 0.307 e. The van der Waals surface area contributed by atoms with Crippen LogP contribution < -0.4 is 4.74 Å². The number of nitrogens with zero attached hydrogens (tertiary/aromatic N) is 5. The zero-order valence-electron chi connectivity index (χ0n) is 13.9. The maximum atomic E-state index is 10.8. The average Bonchev–Trinajstić information content (AvgIpc) is 3.10. The zero-order chi connectivity index (χ0) is 17.6. The first-order valence-corrected chi connectivity index (χ1v) is 7.86. The molecule has 0 atom stereocenters. The van der Waals surface area contributed by atoms with Crippen molar-refractivity contribution < 1.29 is 14.4 Å². The Balaban J connectivity index is 1.76. The molecular weight excluding hydrogens is 326 g/mol. The number of ether oxygens (including phenoxy) is 2. The number of benzene rings is 1. The summed E-state index contributed by atoms with van der Waals surface area (Å²) in [4.78, 5) is 10.3. The third-order valence-electron chi connectivity index (χ3n) is 3.82. The Labute approximate surface area is 144 Å². The van der Waals surface area contributed by atoms with Crippen LogP contribution in [0.4, 0.5) is 5.69 Å². The van der Waals surface area contributed by atoms with Crippen LogP contribution in [0.3, 0.4) is 0 Å². The molecule has 1 aromatic carbocycles. The summed E-state index contributed by atoms with van der Waals surface area (Å²) in [6.07, 6.45) is 4.42. The van der Waals surface area contributed by atoms with Crippen molar-refractivity contribution in [3.05, 3.63) is 51.8 Å². The lowest BCUT2D eigenvalue weighted by atomic mass is 10.1. The Kier molecular flexibility index (Phi) is 5.24. The van der Waals surface area contributed by atoms with Gasteiger partial charge in [0.05, 0.1) is 51.1 Å². The first-order valence-electron chi connectivity index (χ1n) is 7.86. The van der Waals surface area contributed by atoms with E-state index in [1.807, 2.05) is 23.2 Å². The number of morpholine rings is 1. The minimum atomic E-state index is -0.466. The van der Waals surface area contributed by atoms with Gasteiger partial charge in [0.15, 0.2) is 0 Å². The molecule has 2 heterocycles. The van der Waals surface area contributed by atoms with Crippen molar-refractivity contribution in [1.82, 2.24) is 14.8 Å². The van der Waals surface area contributed by atoms with Gasteiger partial charge in [-0.25, -0.2) is 0 Å². The van der Waals surface area contributed by atoms with Crippen LogP contribution in [0.15, 0.2) is 35.7 Å². The van der Waals surface area contributed by atoms with Gasteiger partial charge in [0.1, 0.15) is 18.1 Å². The van der Waals surface area contributed by atoms with E-state index >= 15 is 0 Å². The van der Waals surface area contributed by atoms with Crippen LogP contribution in [0.5, 0.6) is 5.75 Å². The fourth-order valence-electron chi connectivity index (χ4n) is 2.53. The van der Waals surface area contributed by atoms with Crippen LogP contribution in [-0.2, 0) is 11.3 Å². The minimum Gasteiger partial charge on any atom is -0.496 e. The summed E-state index contributed by atoms with van der Waals surface area (Å²) < 4.78 is 12.2. The molecule has 25 heavy (non-hydrogen) atoms. The third-order valence-corrected chi connectivity index (χ3v) is 3.82. The van der Waals surface area contributed by atoms with Crippen LogP contribution in [0.25, 0.3) is 0 Å². The molecule has 0 saturated carbocycles. The van der Waals surface area contributed by atoms with E-state index in [0.717, 1.165) is 24.2 Å². The predicted molar refractivity (Wildman–Crippen MR) is 91.0 cm³/mol. The molecule has 9 heteroatoms. The lowest BCUT2D eigenvalue weighted by Crippen LogP contribution is -2.32. The van der Waals surface area contributed by atoms with Crippen LogP contribution >= 0.6 is 0 Å². The van der Waals surface area contributed by atoms with Gasteiger partial charge in [-0.2, -0.15) is 10.2 Å².